The number of aryl methyl sites for hydroxylation is 1. The molecule has 0 bridgehead atoms. The molecule has 9 nitrogen and oxygen atoms in total. The summed E-state index contributed by atoms with van der Waals surface area (Å²) in [6.45, 7) is 6.01. The molecule has 1 fully saturated rings. The second kappa shape index (κ2) is 8.02. The Labute approximate surface area is 163 Å². The summed E-state index contributed by atoms with van der Waals surface area (Å²) in [5, 5.41) is 8.87. The smallest absolute Gasteiger partial charge is 0.332 e. The number of imidazole rings is 1. The predicted octanol–water partition coefficient (Wildman–Crippen LogP) is 0.704. The molecule has 1 aliphatic heterocycles. The third kappa shape index (κ3) is 3.60. The van der Waals surface area contributed by atoms with Crippen molar-refractivity contribution in [3.63, 3.8) is 0 Å². The third-order valence-electron chi connectivity index (χ3n) is 5.08. The minimum absolute atomic E-state index is 0.0570. The van der Waals surface area contributed by atoms with Gasteiger partial charge < -0.3 is 15.2 Å². The number of piperidine rings is 1. The number of nitriles is 1. The molecule has 1 atom stereocenters. The van der Waals surface area contributed by atoms with E-state index in [4.69, 9.17) is 11.0 Å². The average Bonchev–Trinajstić information content (AvgIpc) is 3.04. The molecular weight excluding hydrogens is 358 g/mol. The number of rotatable bonds is 5. The molecule has 0 radical (unpaired) electrons. The van der Waals surface area contributed by atoms with Crippen molar-refractivity contribution >= 4 is 17.1 Å². The zero-order chi connectivity index (χ0) is 20.4. The highest BCUT2D eigenvalue weighted by atomic mass is 16.2. The number of nitrogens with two attached hydrogens (primary N) is 1. The number of anilines is 1. The van der Waals surface area contributed by atoms with Crippen LogP contribution in [0.1, 0.15) is 33.1 Å². The highest BCUT2D eigenvalue weighted by molar-refractivity contribution is 5.74. The van der Waals surface area contributed by atoms with Gasteiger partial charge in [0.2, 0.25) is 5.95 Å². The second-order valence-electron chi connectivity index (χ2n) is 7.53. The molecule has 9 heteroatoms. The first-order chi connectivity index (χ1) is 13.3. The average molecular weight is 385 g/mol. The first kappa shape index (κ1) is 19.9. The van der Waals surface area contributed by atoms with E-state index in [1.165, 1.54) is 4.57 Å². The summed E-state index contributed by atoms with van der Waals surface area (Å²) < 4.78 is 4.38. The van der Waals surface area contributed by atoms with Crippen LogP contribution < -0.4 is 21.9 Å². The lowest BCUT2D eigenvalue weighted by atomic mass is 10.1. The van der Waals surface area contributed by atoms with Crippen LogP contribution >= 0.6 is 0 Å². The summed E-state index contributed by atoms with van der Waals surface area (Å²) in [6.07, 6.45) is 4.04. The van der Waals surface area contributed by atoms with Crippen molar-refractivity contribution in [2.45, 2.75) is 52.2 Å². The molecule has 2 aromatic rings. The van der Waals surface area contributed by atoms with Crippen molar-refractivity contribution in [1.29, 1.82) is 5.26 Å². The molecule has 1 aliphatic rings. The van der Waals surface area contributed by atoms with Crippen LogP contribution in [0.5, 0.6) is 0 Å². The van der Waals surface area contributed by atoms with Crippen LogP contribution in [0.4, 0.5) is 5.95 Å². The largest absolute Gasteiger partial charge is 0.341 e. The van der Waals surface area contributed by atoms with E-state index in [0.717, 1.165) is 29.5 Å². The molecule has 28 heavy (non-hydrogen) atoms. The summed E-state index contributed by atoms with van der Waals surface area (Å²) in [7, 11) is 1.61. The Kier molecular flexibility index (Phi) is 5.70. The Balaban J connectivity index is 2.27. The van der Waals surface area contributed by atoms with Gasteiger partial charge in [0.1, 0.15) is 0 Å². The second-order valence-corrected chi connectivity index (χ2v) is 7.53. The standard InChI is InChI=1S/C19H27N7O2/c1-13(2)7-11-25-15-16(22-18(25)24-9-4-6-14(21)12-24)23(3)19(28)26(17(15)27)10-5-8-20/h7,14H,4-6,9-12,21H2,1-3H3. The fourth-order valence-corrected chi connectivity index (χ4v) is 3.60. The van der Waals surface area contributed by atoms with Gasteiger partial charge in [-0.25, -0.2) is 4.79 Å². The zero-order valence-corrected chi connectivity index (χ0v) is 16.7. The molecule has 2 aromatic heterocycles. The SMILES string of the molecule is CC(C)=CCn1c(N2CCCC(N)C2)nc2c1c(=O)n(CCC#N)c(=O)n2C. The molecule has 0 amide bonds. The summed E-state index contributed by atoms with van der Waals surface area (Å²) in [6, 6.07) is 2.05. The van der Waals surface area contributed by atoms with Gasteiger partial charge in [0.15, 0.2) is 11.2 Å². The normalized spacial score (nSPS) is 17.0. The van der Waals surface area contributed by atoms with E-state index in [1.54, 1.807) is 7.05 Å². The molecule has 1 unspecified atom stereocenters. The molecule has 0 aliphatic carbocycles. The molecular formula is C19H27N7O2. The van der Waals surface area contributed by atoms with Gasteiger partial charge in [0.05, 0.1) is 12.5 Å². The van der Waals surface area contributed by atoms with Gasteiger partial charge in [-0.2, -0.15) is 10.2 Å². The van der Waals surface area contributed by atoms with E-state index in [1.807, 2.05) is 30.6 Å². The van der Waals surface area contributed by atoms with Crippen LogP contribution in [0.2, 0.25) is 0 Å². The minimum atomic E-state index is -0.457. The lowest BCUT2D eigenvalue weighted by Crippen LogP contribution is -2.44. The van der Waals surface area contributed by atoms with Crippen LogP contribution in [-0.4, -0.2) is 37.8 Å². The number of nitrogens with zero attached hydrogens (tertiary/aromatic N) is 6. The first-order valence-electron chi connectivity index (χ1n) is 9.56. The van der Waals surface area contributed by atoms with Gasteiger partial charge >= 0.3 is 5.69 Å². The van der Waals surface area contributed by atoms with Crippen molar-refractivity contribution in [1.82, 2.24) is 18.7 Å². The van der Waals surface area contributed by atoms with Crippen LogP contribution in [0.3, 0.4) is 0 Å². The van der Waals surface area contributed by atoms with E-state index in [0.29, 0.717) is 30.2 Å². The number of fused-ring (bicyclic) bond motifs is 1. The Morgan fingerprint density at radius 1 is 1.36 bits per heavy atom. The molecule has 1 saturated heterocycles. The summed E-state index contributed by atoms with van der Waals surface area (Å²) in [5.74, 6) is 0.660. The monoisotopic (exact) mass is 385 g/mol. The van der Waals surface area contributed by atoms with Crippen molar-refractivity contribution in [2.75, 3.05) is 18.0 Å². The highest BCUT2D eigenvalue weighted by Crippen LogP contribution is 2.23. The number of aromatic nitrogens is 4. The Hall–Kier alpha value is -2.86. The van der Waals surface area contributed by atoms with Crippen LogP contribution in [-0.2, 0) is 20.1 Å². The number of allylic oxidation sites excluding steroid dienone is 2. The predicted molar refractivity (Wildman–Crippen MR) is 108 cm³/mol. The Morgan fingerprint density at radius 2 is 2.11 bits per heavy atom. The van der Waals surface area contributed by atoms with Crippen molar-refractivity contribution < 1.29 is 0 Å². The Morgan fingerprint density at radius 3 is 2.75 bits per heavy atom. The third-order valence-corrected chi connectivity index (χ3v) is 5.08. The van der Waals surface area contributed by atoms with Crippen LogP contribution in [0, 0.1) is 11.3 Å². The minimum Gasteiger partial charge on any atom is -0.341 e. The van der Waals surface area contributed by atoms with Crippen LogP contribution in [0.15, 0.2) is 21.2 Å². The van der Waals surface area contributed by atoms with E-state index in [-0.39, 0.29) is 19.0 Å². The topological polar surface area (TPSA) is 115 Å². The van der Waals surface area contributed by atoms with Gasteiger partial charge in [0.25, 0.3) is 5.56 Å². The molecule has 0 aromatic carbocycles. The quantitative estimate of drug-likeness (QED) is 0.758. The number of hydrogen-bond donors (Lipinski definition) is 1. The van der Waals surface area contributed by atoms with Crippen LogP contribution in [0.25, 0.3) is 11.2 Å². The summed E-state index contributed by atoms with van der Waals surface area (Å²) in [4.78, 5) is 32.6. The molecule has 2 N–H and O–H groups in total. The fourth-order valence-electron chi connectivity index (χ4n) is 3.60. The maximum Gasteiger partial charge on any atom is 0.332 e. The van der Waals surface area contributed by atoms with Gasteiger partial charge in [-0.3, -0.25) is 13.9 Å². The lowest BCUT2D eigenvalue weighted by molar-refractivity contribution is 0.495. The van der Waals surface area contributed by atoms with Gasteiger partial charge in [-0.15, -0.1) is 0 Å². The Bertz CT molecular complexity index is 1060. The van der Waals surface area contributed by atoms with Crippen molar-refractivity contribution in [2.24, 2.45) is 12.8 Å². The van der Waals surface area contributed by atoms with Crippen molar-refractivity contribution in [3.05, 3.63) is 32.5 Å². The number of hydrogen-bond acceptors (Lipinski definition) is 6. The van der Waals surface area contributed by atoms with Gasteiger partial charge in [-0.1, -0.05) is 11.6 Å². The van der Waals surface area contributed by atoms with Gasteiger partial charge in [0, 0.05) is 39.3 Å². The molecule has 0 saturated carbocycles. The van der Waals surface area contributed by atoms with E-state index in [2.05, 4.69) is 9.88 Å². The molecule has 0 spiro atoms. The van der Waals surface area contributed by atoms with E-state index >= 15 is 0 Å². The first-order valence-corrected chi connectivity index (χ1v) is 9.56. The van der Waals surface area contributed by atoms with E-state index in [9.17, 15) is 9.59 Å². The summed E-state index contributed by atoms with van der Waals surface area (Å²) in [5.41, 5.74) is 7.15. The molecule has 150 valence electrons. The molecule has 3 heterocycles. The maximum atomic E-state index is 13.1. The lowest BCUT2D eigenvalue weighted by Gasteiger charge is -2.31. The fraction of sp³-hybridized carbons (Fsp3) is 0.579. The maximum absolute atomic E-state index is 13.1. The zero-order valence-electron chi connectivity index (χ0n) is 16.7. The molecule has 3 rings (SSSR count). The highest BCUT2D eigenvalue weighted by Gasteiger charge is 2.25. The summed E-state index contributed by atoms with van der Waals surface area (Å²) >= 11 is 0. The van der Waals surface area contributed by atoms with E-state index < -0.39 is 11.2 Å². The van der Waals surface area contributed by atoms with Gasteiger partial charge in [-0.05, 0) is 26.7 Å². The van der Waals surface area contributed by atoms with Crippen molar-refractivity contribution in [3.8, 4) is 6.07 Å².